The molecule has 2 aliphatic rings. The van der Waals surface area contributed by atoms with Crippen LogP contribution in [0.4, 0.5) is 4.79 Å². The Morgan fingerprint density at radius 1 is 1.05 bits per heavy atom. The fourth-order valence-corrected chi connectivity index (χ4v) is 5.19. The van der Waals surface area contributed by atoms with Gasteiger partial charge < -0.3 is 29.7 Å². The maximum Gasteiger partial charge on any atom is 0.408 e. The largest absolute Gasteiger partial charge is 0.463 e. The van der Waals surface area contributed by atoms with Crippen LogP contribution >= 0.6 is 0 Å². The van der Waals surface area contributed by atoms with Crippen molar-refractivity contribution < 1.29 is 38.2 Å². The first-order chi connectivity index (χ1) is 17.8. The number of alkyl carbamates (subject to hydrolysis) is 1. The summed E-state index contributed by atoms with van der Waals surface area (Å²) < 4.78 is 16.3. The van der Waals surface area contributed by atoms with Gasteiger partial charge in [-0.15, -0.1) is 0 Å². The maximum atomic E-state index is 14.1. The maximum absolute atomic E-state index is 14.1. The number of nitrogens with zero attached hydrogens (tertiary/aromatic N) is 1. The minimum Gasteiger partial charge on any atom is -0.463 e. The normalized spacial score (nSPS) is 24.2. The van der Waals surface area contributed by atoms with Gasteiger partial charge in [-0.25, -0.2) is 9.59 Å². The first-order valence-corrected chi connectivity index (χ1v) is 13.7. The molecule has 0 saturated carbocycles. The summed E-state index contributed by atoms with van der Waals surface area (Å²) in [5.74, 6) is -3.20. The van der Waals surface area contributed by atoms with Crippen molar-refractivity contribution in [2.24, 2.45) is 11.3 Å². The number of amides is 3. The molecule has 0 aromatic carbocycles. The van der Waals surface area contributed by atoms with Gasteiger partial charge in [0.05, 0.1) is 24.9 Å². The number of ketones is 1. The van der Waals surface area contributed by atoms with Crippen molar-refractivity contribution in [2.45, 2.75) is 123 Å². The van der Waals surface area contributed by atoms with Crippen LogP contribution in [0.2, 0.25) is 0 Å². The molecule has 2 aliphatic heterocycles. The molecule has 0 bridgehead atoms. The van der Waals surface area contributed by atoms with E-state index < -0.39 is 70.5 Å². The molecule has 39 heavy (non-hydrogen) atoms. The van der Waals surface area contributed by atoms with Gasteiger partial charge in [0.15, 0.2) is 0 Å². The highest BCUT2D eigenvalue weighted by molar-refractivity contribution is 6.36. The highest BCUT2D eigenvalue weighted by atomic mass is 16.6. The van der Waals surface area contributed by atoms with Gasteiger partial charge in [0.2, 0.25) is 11.8 Å². The predicted octanol–water partition coefficient (Wildman–Crippen LogP) is 2.74. The van der Waals surface area contributed by atoms with Crippen molar-refractivity contribution in [2.75, 3.05) is 13.7 Å². The van der Waals surface area contributed by atoms with Crippen molar-refractivity contribution >= 4 is 29.7 Å². The first kappa shape index (κ1) is 32.5. The van der Waals surface area contributed by atoms with E-state index in [1.807, 2.05) is 41.5 Å². The quantitative estimate of drug-likeness (QED) is 0.345. The van der Waals surface area contributed by atoms with Crippen molar-refractivity contribution in [3.63, 3.8) is 0 Å². The van der Waals surface area contributed by atoms with Gasteiger partial charge >= 0.3 is 12.1 Å². The molecular formula is C28H47N3O8. The summed E-state index contributed by atoms with van der Waals surface area (Å²) >= 11 is 0. The SMILES string of the molecule is CCCC(NC(=O)C1C2CCC(C)(C)OC2CN1C(=O)C(NC(=O)OC(C)(C)C)C(C)(C)C)C(=O)C(=O)OC. The van der Waals surface area contributed by atoms with Gasteiger partial charge in [0.1, 0.15) is 17.7 Å². The molecule has 0 aromatic heterocycles. The second-order valence-corrected chi connectivity index (χ2v) is 13.2. The Balaban J connectivity index is 2.42. The number of nitrogens with one attached hydrogen (secondary N) is 2. The number of fused-ring (bicyclic) bond motifs is 1. The second-order valence-electron chi connectivity index (χ2n) is 13.2. The Morgan fingerprint density at radius 3 is 2.18 bits per heavy atom. The molecular weight excluding hydrogens is 506 g/mol. The van der Waals surface area contributed by atoms with Crippen LogP contribution in [0.15, 0.2) is 0 Å². The molecule has 0 aromatic rings. The van der Waals surface area contributed by atoms with Crippen LogP contribution in [-0.4, -0.2) is 83.6 Å². The Hall–Kier alpha value is -2.69. The van der Waals surface area contributed by atoms with E-state index in [4.69, 9.17) is 9.47 Å². The summed E-state index contributed by atoms with van der Waals surface area (Å²) in [7, 11) is 1.11. The molecule has 222 valence electrons. The van der Waals surface area contributed by atoms with E-state index in [-0.39, 0.29) is 18.9 Å². The standard InChI is InChI=1S/C28H47N3O8/c1-11-12-17(20(32)24(35)37-10)29-22(33)19-16-13-14-28(8,9)38-18(16)15-31(19)23(34)21(26(2,3)4)30-25(36)39-27(5,6)7/h16-19,21H,11-15H2,1-10H3,(H,29,33)(H,30,36). The molecule has 0 spiro atoms. The number of hydrogen-bond donors (Lipinski definition) is 2. The van der Waals surface area contributed by atoms with Crippen LogP contribution in [0, 0.1) is 11.3 Å². The smallest absolute Gasteiger partial charge is 0.408 e. The van der Waals surface area contributed by atoms with Crippen LogP contribution in [-0.2, 0) is 33.4 Å². The molecule has 11 heteroatoms. The molecule has 3 amide bonds. The Kier molecular flexibility index (Phi) is 10.2. The molecule has 0 radical (unpaired) electrons. The molecule has 2 saturated heterocycles. The van der Waals surface area contributed by atoms with Crippen LogP contribution in [0.5, 0.6) is 0 Å². The second kappa shape index (κ2) is 12.2. The van der Waals surface area contributed by atoms with Gasteiger partial charge in [0, 0.05) is 12.5 Å². The Labute approximate surface area is 232 Å². The molecule has 2 N–H and O–H groups in total. The predicted molar refractivity (Wildman–Crippen MR) is 144 cm³/mol. The fraction of sp³-hybridized carbons (Fsp3) is 0.821. The third-order valence-corrected chi connectivity index (χ3v) is 7.07. The van der Waals surface area contributed by atoms with E-state index in [9.17, 15) is 24.0 Å². The topological polar surface area (TPSA) is 140 Å². The number of likely N-dealkylation sites (tertiary alicyclic amines) is 1. The minimum absolute atomic E-state index is 0.150. The molecule has 11 nitrogen and oxygen atoms in total. The van der Waals surface area contributed by atoms with Crippen molar-refractivity contribution in [1.29, 1.82) is 0 Å². The zero-order valence-electron chi connectivity index (χ0n) is 25.1. The van der Waals surface area contributed by atoms with Gasteiger partial charge in [0.25, 0.3) is 5.78 Å². The van der Waals surface area contributed by atoms with Gasteiger partial charge in [-0.2, -0.15) is 0 Å². The zero-order chi connectivity index (χ0) is 29.9. The third kappa shape index (κ3) is 8.40. The summed E-state index contributed by atoms with van der Waals surface area (Å²) in [6, 6.07) is -3.03. The number of esters is 1. The zero-order valence-corrected chi connectivity index (χ0v) is 25.1. The lowest BCUT2D eigenvalue weighted by Gasteiger charge is -2.39. The van der Waals surface area contributed by atoms with Crippen molar-refractivity contribution in [3.05, 3.63) is 0 Å². The van der Waals surface area contributed by atoms with E-state index in [0.29, 0.717) is 19.3 Å². The summed E-state index contributed by atoms with van der Waals surface area (Å²) in [6.07, 6.45) is 0.939. The molecule has 2 fully saturated rings. The molecule has 2 heterocycles. The van der Waals surface area contributed by atoms with Crippen molar-refractivity contribution in [1.82, 2.24) is 15.5 Å². The highest BCUT2D eigenvalue weighted by Crippen LogP contribution is 2.41. The number of carbonyl (C=O) groups is 5. The van der Waals surface area contributed by atoms with E-state index in [0.717, 1.165) is 7.11 Å². The third-order valence-electron chi connectivity index (χ3n) is 7.07. The van der Waals surface area contributed by atoms with E-state index in [1.165, 1.54) is 4.90 Å². The van der Waals surface area contributed by atoms with Gasteiger partial charge in [-0.1, -0.05) is 34.1 Å². The number of carbonyl (C=O) groups excluding carboxylic acids is 5. The lowest BCUT2D eigenvalue weighted by molar-refractivity contribution is -0.153. The molecule has 5 atom stereocenters. The fourth-order valence-electron chi connectivity index (χ4n) is 5.19. The number of methoxy groups -OCH3 is 1. The molecule has 5 unspecified atom stereocenters. The van der Waals surface area contributed by atoms with Crippen LogP contribution in [0.3, 0.4) is 0 Å². The first-order valence-electron chi connectivity index (χ1n) is 13.7. The lowest BCUT2D eigenvalue weighted by Crippen LogP contribution is -2.60. The van der Waals surface area contributed by atoms with Gasteiger partial charge in [-0.05, 0) is 59.3 Å². The number of hydrogen-bond acceptors (Lipinski definition) is 8. The monoisotopic (exact) mass is 553 g/mol. The van der Waals surface area contributed by atoms with Crippen LogP contribution < -0.4 is 10.6 Å². The molecule has 2 rings (SSSR count). The highest BCUT2D eigenvalue weighted by Gasteiger charge is 2.54. The number of ether oxygens (including phenoxy) is 3. The average Bonchev–Trinajstić information content (AvgIpc) is 3.16. The van der Waals surface area contributed by atoms with Crippen molar-refractivity contribution in [3.8, 4) is 0 Å². The summed E-state index contributed by atoms with van der Waals surface area (Å²) in [5.41, 5.74) is -1.90. The van der Waals surface area contributed by atoms with E-state index in [2.05, 4.69) is 15.4 Å². The van der Waals surface area contributed by atoms with Crippen LogP contribution in [0.1, 0.15) is 88.0 Å². The Bertz CT molecular complexity index is 949. The number of rotatable bonds is 8. The summed E-state index contributed by atoms with van der Waals surface area (Å²) in [5, 5.41) is 5.42. The summed E-state index contributed by atoms with van der Waals surface area (Å²) in [4.78, 5) is 66.6. The summed E-state index contributed by atoms with van der Waals surface area (Å²) in [6.45, 7) is 16.6. The van der Waals surface area contributed by atoms with E-state index in [1.54, 1.807) is 20.8 Å². The minimum atomic E-state index is -1.08. The van der Waals surface area contributed by atoms with Crippen LogP contribution in [0.25, 0.3) is 0 Å². The average molecular weight is 554 g/mol. The van der Waals surface area contributed by atoms with E-state index >= 15 is 0 Å². The van der Waals surface area contributed by atoms with Gasteiger partial charge in [-0.3, -0.25) is 14.4 Å². The number of Topliss-reactive ketones (excluding diaryl/α,β-unsaturated/α-hetero) is 1. The Morgan fingerprint density at radius 2 is 1.67 bits per heavy atom. The molecule has 0 aliphatic carbocycles. The lowest BCUT2D eigenvalue weighted by atomic mass is 9.83.